The van der Waals surface area contributed by atoms with E-state index in [1.807, 2.05) is 22.7 Å². The van der Waals surface area contributed by atoms with E-state index >= 15 is 0 Å². The fourth-order valence-corrected chi connectivity index (χ4v) is 3.07. The molecule has 3 nitrogen and oxygen atoms in total. The number of imidazole rings is 1. The van der Waals surface area contributed by atoms with Crippen LogP contribution in [0.15, 0.2) is 42.7 Å². The van der Waals surface area contributed by atoms with E-state index in [9.17, 15) is 0 Å². The smallest absolute Gasteiger partial charge is 0.160 e. The number of hydrogen-bond acceptors (Lipinski definition) is 2. The van der Waals surface area contributed by atoms with Crippen LogP contribution in [-0.4, -0.2) is 9.38 Å². The third-order valence-corrected chi connectivity index (χ3v) is 4.16. The lowest BCUT2D eigenvalue weighted by molar-refractivity contribution is 0.686. The summed E-state index contributed by atoms with van der Waals surface area (Å²) in [6.07, 6.45) is 9.06. The van der Waals surface area contributed by atoms with Crippen molar-refractivity contribution < 1.29 is 0 Å². The summed E-state index contributed by atoms with van der Waals surface area (Å²) < 4.78 is 1.99. The van der Waals surface area contributed by atoms with Crippen LogP contribution < -0.4 is 5.73 Å². The van der Waals surface area contributed by atoms with Gasteiger partial charge in [0.05, 0.1) is 11.4 Å². The molecule has 0 radical (unpaired) electrons. The Kier molecular flexibility index (Phi) is 2.52. The zero-order chi connectivity index (χ0) is 13.5. The summed E-state index contributed by atoms with van der Waals surface area (Å²) in [5, 5.41) is 0. The molecule has 0 saturated heterocycles. The van der Waals surface area contributed by atoms with Crippen molar-refractivity contribution in [1.82, 2.24) is 9.38 Å². The Labute approximate surface area is 118 Å². The van der Waals surface area contributed by atoms with Gasteiger partial charge in [-0.2, -0.15) is 0 Å². The minimum absolute atomic E-state index is 0.719. The summed E-state index contributed by atoms with van der Waals surface area (Å²) in [5.41, 5.74) is 12.7. The van der Waals surface area contributed by atoms with Gasteiger partial charge in [0.2, 0.25) is 0 Å². The molecule has 3 heteroatoms. The molecule has 3 aromatic rings. The van der Waals surface area contributed by atoms with E-state index in [0.717, 1.165) is 17.0 Å². The molecule has 0 unspecified atom stereocenters. The van der Waals surface area contributed by atoms with Gasteiger partial charge >= 0.3 is 0 Å². The van der Waals surface area contributed by atoms with Crippen molar-refractivity contribution in [1.29, 1.82) is 0 Å². The molecule has 0 bridgehead atoms. The molecule has 2 N–H and O–H groups in total. The second-order valence-electron chi connectivity index (χ2n) is 5.51. The number of fused-ring (bicyclic) bond motifs is 2. The number of aromatic nitrogens is 2. The highest BCUT2D eigenvalue weighted by Gasteiger charge is 2.12. The van der Waals surface area contributed by atoms with Gasteiger partial charge in [0, 0.05) is 18.0 Å². The molecule has 1 aliphatic carbocycles. The van der Waals surface area contributed by atoms with Crippen LogP contribution in [-0.2, 0) is 12.8 Å². The van der Waals surface area contributed by atoms with Crippen LogP contribution in [0.5, 0.6) is 0 Å². The molecular weight excluding hydrogens is 246 g/mol. The van der Waals surface area contributed by atoms with Crippen LogP contribution in [0.4, 0.5) is 5.69 Å². The van der Waals surface area contributed by atoms with Crippen LogP contribution in [0.2, 0.25) is 0 Å². The maximum absolute atomic E-state index is 5.98. The normalized spacial score (nSPS) is 14.4. The Balaban J connectivity index is 1.84. The molecule has 2 heterocycles. The average molecular weight is 263 g/mol. The zero-order valence-corrected chi connectivity index (χ0v) is 11.3. The lowest BCUT2D eigenvalue weighted by Gasteiger charge is -2.15. The van der Waals surface area contributed by atoms with Gasteiger partial charge in [0.25, 0.3) is 0 Å². The van der Waals surface area contributed by atoms with E-state index < -0.39 is 0 Å². The molecule has 100 valence electrons. The molecule has 0 fully saturated rings. The third-order valence-electron chi connectivity index (χ3n) is 4.16. The second kappa shape index (κ2) is 4.37. The lowest BCUT2D eigenvalue weighted by Crippen LogP contribution is -2.02. The number of nitrogen functional groups attached to an aromatic ring is 1. The predicted octanol–water partition coefficient (Wildman–Crippen LogP) is 3.46. The van der Waals surface area contributed by atoms with Gasteiger partial charge < -0.3 is 10.1 Å². The minimum Gasteiger partial charge on any atom is -0.396 e. The number of benzene rings is 1. The first-order valence-corrected chi connectivity index (χ1v) is 7.17. The molecule has 0 atom stereocenters. The first kappa shape index (κ1) is 11.5. The molecule has 20 heavy (non-hydrogen) atoms. The lowest BCUT2D eigenvalue weighted by atomic mass is 9.90. The van der Waals surface area contributed by atoms with Crippen molar-refractivity contribution in [3.63, 3.8) is 0 Å². The van der Waals surface area contributed by atoms with Gasteiger partial charge in [0.1, 0.15) is 0 Å². The van der Waals surface area contributed by atoms with Crippen molar-refractivity contribution in [3.8, 4) is 11.3 Å². The fraction of sp³-hybridized carbons (Fsp3) is 0.235. The summed E-state index contributed by atoms with van der Waals surface area (Å²) in [6.45, 7) is 0. The first-order chi connectivity index (χ1) is 9.81. The van der Waals surface area contributed by atoms with Crippen LogP contribution in [0.1, 0.15) is 24.0 Å². The molecule has 4 rings (SSSR count). The highest BCUT2D eigenvalue weighted by molar-refractivity contribution is 5.71. The number of rotatable bonds is 1. The van der Waals surface area contributed by atoms with E-state index in [2.05, 4.69) is 29.4 Å². The van der Waals surface area contributed by atoms with Gasteiger partial charge in [-0.25, -0.2) is 4.98 Å². The third kappa shape index (κ3) is 1.78. The Hall–Kier alpha value is -2.29. The van der Waals surface area contributed by atoms with Gasteiger partial charge in [0.15, 0.2) is 5.65 Å². The Morgan fingerprint density at radius 3 is 2.75 bits per heavy atom. The zero-order valence-electron chi connectivity index (χ0n) is 11.3. The van der Waals surface area contributed by atoms with Gasteiger partial charge in [-0.1, -0.05) is 12.1 Å². The summed E-state index contributed by atoms with van der Waals surface area (Å²) >= 11 is 0. The number of pyridine rings is 1. The van der Waals surface area contributed by atoms with E-state index in [-0.39, 0.29) is 0 Å². The van der Waals surface area contributed by atoms with Gasteiger partial charge in [-0.15, -0.1) is 0 Å². The van der Waals surface area contributed by atoms with E-state index in [1.54, 1.807) is 0 Å². The highest BCUT2D eigenvalue weighted by atomic mass is 15.0. The van der Waals surface area contributed by atoms with Gasteiger partial charge in [-0.05, 0) is 55.0 Å². The fourth-order valence-electron chi connectivity index (χ4n) is 3.07. The topological polar surface area (TPSA) is 43.3 Å². The summed E-state index contributed by atoms with van der Waals surface area (Å²) in [6, 6.07) is 10.6. The van der Waals surface area contributed by atoms with E-state index in [0.29, 0.717) is 0 Å². The molecule has 1 aromatic carbocycles. The van der Waals surface area contributed by atoms with Crippen molar-refractivity contribution >= 4 is 11.3 Å². The van der Waals surface area contributed by atoms with Crippen LogP contribution in [0.25, 0.3) is 16.9 Å². The van der Waals surface area contributed by atoms with Crippen molar-refractivity contribution in [2.24, 2.45) is 0 Å². The monoisotopic (exact) mass is 263 g/mol. The van der Waals surface area contributed by atoms with Crippen LogP contribution >= 0.6 is 0 Å². The van der Waals surface area contributed by atoms with Crippen LogP contribution in [0, 0.1) is 0 Å². The Morgan fingerprint density at radius 1 is 1.05 bits per heavy atom. The molecule has 0 saturated carbocycles. The van der Waals surface area contributed by atoms with E-state index in [4.69, 9.17) is 5.73 Å². The Morgan fingerprint density at radius 2 is 1.90 bits per heavy atom. The molecule has 1 aliphatic rings. The summed E-state index contributed by atoms with van der Waals surface area (Å²) in [7, 11) is 0. The molecule has 0 aliphatic heterocycles. The number of hydrogen-bond donors (Lipinski definition) is 1. The number of nitrogens with two attached hydrogens (primary N) is 1. The van der Waals surface area contributed by atoms with Crippen molar-refractivity contribution in [2.75, 3.05) is 5.73 Å². The Bertz CT molecular complexity index is 786. The van der Waals surface area contributed by atoms with Gasteiger partial charge in [-0.3, -0.25) is 0 Å². The predicted molar refractivity (Wildman–Crippen MR) is 81.7 cm³/mol. The molecule has 2 aromatic heterocycles. The number of aryl methyl sites for hydroxylation is 2. The average Bonchev–Trinajstić information content (AvgIpc) is 2.92. The first-order valence-electron chi connectivity index (χ1n) is 7.17. The quantitative estimate of drug-likeness (QED) is 0.730. The SMILES string of the molecule is Nc1cccn2cc(-c3ccc4c(c3)CCCC4)nc12. The largest absolute Gasteiger partial charge is 0.396 e. The maximum Gasteiger partial charge on any atom is 0.160 e. The molecule has 0 spiro atoms. The van der Waals surface area contributed by atoms with Crippen molar-refractivity contribution in [2.45, 2.75) is 25.7 Å². The van der Waals surface area contributed by atoms with Crippen LogP contribution in [0.3, 0.4) is 0 Å². The van der Waals surface area contributed by atoms with E-state index in [1.165, 1.54) is 42.4 Å². The summed E-state index contributed by atoms with van der Waals surface area (Å²) in [4.78, 5) is 4.67. The van der Waals surface area contributed by atoms with Crippen molar-refractivity contribution in [3.05, 3.63) is 53.9 Å². The maximum atomic E-state index is 5.98. The summed E-state index contributed by atoms with van der Waals surface area (Å²) in [5.74, 6) is 0. The molecular formula is C17H17N3. The molecule has 0 amide bonds. The standard InChI is InChI=1S/C17H17N3/c18-15-6-3-9-20-11-16(19-17(15)20)14-8-7-12-4-1-2-5-13(12)10-14/h3,6-11H,1-2,4-5,18H2. The minimum atomic E-state index is 0.719. The number of nitrogens with zero attached hydrogens (tertiary/aromatic N) is 2. The second-order valence-corrected chi connectivity index (χ2v) is 5.51. The highest BCUT2D eigenvalue weighted by Crippen LogP contribution is 2.27. The number of anilines is 1.